The number of carbonyl (C=O) groups excluding carboxylic acids is 1. The van der Waals surface area contributed by atoms with E-state index in [1.807, 2.05) is 20.8 Å². The molecule has 0 aliphatic carbocycles. The number of carbonyl (C=O) groups is 1. The fraction of sp³-hybridized carbons (Fsp3) is 0.412. The van der Waals surface area contributed by atoms with Crippen LogP contribution < -0.4 is 10.9 Å². The van der Waals surface area contributed by atoms with Crippen molar-refractivity contribution in [2.75, 3.05) is 6.54 Å². The zero-order valence-corrected chi connectivity index (χ0v) is 15.8. The number of nitrogens with one attached hydrogen (secondary N) is 2. The van der Waals surface area contributed by atoms with Crippen LogP contribution in [0.5, 0.6) is 0 Å². The number of fused-ring (bicyclic) bond motifs is 1. The van der Waals surface area contributed by atoms with Crippen molar-refractivity contribution in [3.63, 3.8) is 0 Å². The van der Waals surface area contributed by atoms with Gasteiger partial charge in [-0.25, -0.2) is 4.79 Å². The molecule has 0 unspecified atom stereocenters. The van der Waals surface area contributed by atoms with Crippen LogP contribution in [0.3, 0.4) is 0 Å². The molecule has 3 rings (SSSR count). The van der Waals surface area contributed by atoms with Gasteiger partial charge in [0.2, 0.25) is 11.6 Å². The lowest BCUT2D eigenvalue weighted by Crippen LogP contribution is -2.30. The highest BCUT2D eigenvalue weighted by Gasteiger charge is 2.18. The standard InChI is InChI=1S/C17H20ClN5O3/c1-8-12(17(25)26-16-14(8)9(2)20-21-16)7-13(24)19-5-6-23-11(4)15(18)10(3)22-23/h5-7H2,1-4H3,(H,19,24)(H,20,21). The summed E-state index contributed by atoms with van der Waals surface area (Å²) in [6.07, 6.45) is -0.0490. The summed E-state index contributed by atoms with van der Waals surface area (Å²) < 4.78 is 6.94. The van der Waals surface area contributed by atoms with Crippen LogP contribution in [-0.2, 0) is 17.8 Å². The SMILES string of the molecule is Cc1nn(CCNC(=O)Cc2c(C)c3c(C)[nH]nc3oc2=O)c(C)c1Cl. The van der Waals surface area contributed by atoms with Crippen molar-refractivity contribution in [1.82, 2.24) is 25.3 Å². The van der Waals surface area contributed by atoms with E-state index in [0.29, 0.717) is 29.2 Å². The lowest BCUT2D eigenvalue weighted by molar-refractivity contribution is -0.120. The zero-order chi connectivity index (χ0) is 19.0. The maximum Gasteiger partial charge on any atom is 0.341 e. The number of nitrogens with zero attached hydrogens (tertiary/aromatic N) is 3. The Morgan fingerprint density at radius 3 is 2.69 bits per heavy atom. The van der Waals surface area contributed by atoms with Gasteiger partial charge in [0.15, 0.2) is 0 Å². The third-order valence-electron chi connectivity index (χ3n) is 4.45. The largest absolute Gasteiger partial charge is 0.402 e. The van der Waals surface area contributed by atoms with Crippen LogP contribution in [0, 0.1) is 27.7 Å². The van der Waals surface area contributed by atoms with Crippen molar-refractivity contribution in [2.24, 2.45) is 0 Å². The first-order chi connectivity index (χ1) is 12.3. The minimum Gasteiger partial charge on any atom is -0.402 e. The summed E-state index contributed by atoms with van der Waals surface area (Å²) in [7, 11) is 0. The topological polar surface area (TPSA) is 106 Å². The molecule has 3 heterocycles. The molecule has 0 aliphatic rings. The third-order valence-corrected chi connectivity index (χ3v) is 5.00. The molecule has 0 fully saturated rings. The van der Waals surface area contributed by atoms with Crippen molar-refractivity contribution in [3.8, 4) is 0 Å². The second-order valence-corrected chi connectivity index (χ2v) is 6.63. The van der Waals surface area contributed by atoms with Gasteiger partial charge in [-0.1, -0.05) is 11.6 Å². The molecule has 9 heteroatoms. The average molecular weight is 378 g/mol. The number of halogens is 1. The molecule has 0 radical (unpaired) electrons. The van der Waals surface area contributed by atoms with Crippen molar-refractivity contribution in [2.45, 2.75) is 40.7 Å². The van der Waals surface area contributed by atoms with Gasteiger partial charge in [0.05, 0.1) is 40.3 Å². The monoisotopic (exact) mass is 377 g/mol. The number of rotatable bonds is 5. The first-order valence-corrected chi connectivity index (χ1v) is 8.60. The van der Waals surface area contributed by atoms with Crippen molar-refractivity contribution < 1.29 is 9.21 Å². The summed E-state index contributed by atoms with van der Waals surface area (Å²) in [4.78, 5) is 24.4. The third kappa shape index (κ3) is 3.24. The molecule has 2 N–H and O–H groups in total. The molecular formula is C17H20ClN5O3. The Kier molecular flexibility index (Phi) is 4.86. The Labute approximate surface area is 154 Å². The summed E-state index contributed by atoms with van der Waals surface area (Å²) in [5.41, 5.74) is 3.18. The summed E-state index contributed by atoms with van der Waals surface area (Å²) in [6.45, 7) is 8.22. The maximum atomic E-state index is 12.3. The highest BCUT2D eigenvalue weighted by molar-refractivity contribution is 6.31. The Morgan fingerprint density at radius 2 is 2.04 bits per heavy atom. The smallest absolute Gasteiger partial charge is 0.341 e. The minimum atomic E-state index is -0.540. The highest BCUT2D eigenvalue weighted by atomic mass is 35.5. The van der Waals surface area contributed by atoms with Gasteiger partial charge >= 0.3 is 5.63 Å². The minimum absolute atomic E-state index is 0.0490. The van der Waals surface area contributed by atoms with E-state index in [4.69, 9.17) is 16.0 Å². The molecule has 0 saturated carbocycles. The molecular weight excluding hydrogens is 358 g/mol. The lowest BCUT2D eigenvalue weighted by atomic mass is 10.0. The highest BCUT2D eigenvalue weighted by Crippen LogP contribution is 2.21. The van der Waals surface area contributed by atoms with Gasteiger partial charge in [-0.05, 0) is 33.3 Å². The van der Waals surface area contributed by atoms with Crippen LogP contribution in [-0.4, -0.2) is 32.4 Å². The van der Waals surface area contributed by atoms with Crippen LogP contribution >= 0.6 is 11.6 Å². The molecule has 1 amide bonds. The number of amides is 1. The number of hydrogen-bond donors (Lipinski definition) is 2. The van der Waals surface area contributed by atoms with E-state index in [0.717, 1.165) is 22.5 Å². The molecule has 26 heavy (non-hydrogen) atoms. The van der Waals surface area contributed by atoms with E-state index in [-0.39, 0.29) is 18.0 Å². The fourth-order valence-electron chi connectivity index (χ4n) is 3.00. The molecule has 138 valence electrons. The van der Waals surface area contributed by atoms with Crippen molar-refractivity contribution in [1.29, 1.82) is 0 Å². The number of aryl methyl sites for hydroxylation is 3. The number of hydrogen-bond acceptors (Lipinski definition) is 5. The zero-order valence-electron chi connectivity index (χ0n) is 15.1. The summed E-state index contributed by atoms with van der Waals surface area (Å²) in [5, 5.41) is 15.2. The molecule has 3 aromatic heterocycles. The summed E-state index contributed by atoms with van der Waals surface area (Å²) in [5.74, 6) is -0.256. The predicted molar refractivity (Wildman–Crippen MR) is 97.5 cm³/mol. The quantitative estimate of drug-likeness (QED) is 0.707. The van der Waals surface area contributed by atoms with E-state index in [9.17, 15) is 9.59 Å². The maximum absolute atomic E-state index is 12.3. The molecule has 0 bridgehead atoms. The van der Waals surface area contributed by atoms with Crippen LogP contribution in [0.1, 0.15) is 28.2 Å². The number of aromatic nitrogens is 4. The Bertz CT molecular complexity index is 1050. The van der Waals surface area contributed by atoms with Crippen LogP contribution in [0.2, 0.25) is 5.02 Å². The molecule has 0 saturated heterocycles. The summed E-state index contributed by atoms with van der Waals surface area (Å²) in [6, 6.07) is 0. The molecule has 3 aromatic rings. The summed E-state index contributed by atoms with van der Waals surface area (Å²) >= 11 is 6.11. The van der Waals surface area contributed by atoms with Gasteiger partial charge in [0.25, 0.3) is 0 Å². The van der Waals surface area contributed by atoms with Crippen molar-refractivity contribution in [3.05, 3.63) is 43.7 Å². The van der Waals surface area contributed by atoms with Crippen LogP contribution in [0.4, 0.5) is 0 Å². The van der Waals surface area contributed by atoms with E-state index < -0.39 is 5.63 Å². The number of aromatic amines is 1. The van der Waals surface area contributed by atoms with Gasteiger partial charge in [0.1, 0.15) is 0 Å². The Balaban J connectivity index is 1.68. The van der Waals surface area contributed by atoms with E-state index in [1.165, 1.54) is 0 Å². The first kappa shape index (κ1) is 18.2. The lowest BCUT2D eigenvalue weighted by Gasteiger charge is -2.08. The van der Waals surface area contributed by atoms with E-state index >= 15 is 0 Å². The van der Waals surface area contributed by atoms with Crippen molar-refractivity contribution >= 4 is 28.6 Å². The Morgan fingerprint density at radius 1 is 1.31 bits per heavy atom. The van der Waals surface area contributed by atoms with Gasteiger partial charge in [-0.15, -0.1) is 5.10 Å². The van der Waals surface area contributed by atoms with Crippen LogP contribution in [0.25, 0.3) is 11.1 Å². The van der Waals surface area contributed by atoms with E-state index in [1.54, 1.807) is 11.6 Å². The van der Waals surface area contributed by atoms with Crippen LogP contribution in [0.15, 0.2) is 9.21 Å². The molecule has 8 nitrogen and oxygen atoms in total. The van der Waals surface area contributed by atoms with Gasteiger partial charge in [-0.3, -0.25) is 14.6 Å². The second kappa shape index (κ2) is 6.95. The van der Waals surface area contributed by atoms with Gasteiger partial charge in [0, 0.05) is 12.2 Å². The van der Waals surface area contributed by atoms with Gasteiger partial charge < -0.3 is 9.73 Å². The van der Waals surface area contributed by atoms with E-state index in [2.05, 4.69) is 20.6 Å². The Hall–Kier alpha value is -2.61. The molecule has 0 aromatic carbocycles. The second-order valence-electron chi connectivity index (χ2n) is 6.26. The fourth-order valence-corrected chi connectivity index (χ4v) is 3.13. The molecule has 0 spiro atoms. The average Bonchev–Trinajstić information content (AvgIpc) is 3.07. The number of H-pyrrole nitrogens is 1. The molecule has 0 aliphatic heterocycles. The normalized spacial score (nSPS) is 11.3. The predicted octanol–water partition coefficient (Wildman–Crippen LogP) is 1.96. The first-order valence-electron chi connectivity index (χ1n) is 8.23. The molecule has 0 atom stereocenters. The van der Waals surface area contributed by atoms with Gasteiger partial charge in [-0.2, -0.15) is 5.10 Å².